The molecule has 0 spiro atoms. The molecule has 5 heteroatoms. The summed E-state index contributed by atoms with van der Waals surface area (Å²) in [6.07, 6.45) is 2.49. The summed E-state index contributed by atoms with van der Waals surface area (Å²) in [4.78, 5) is 10.4. The third-order valence-corrected chi connectivity index (χ3v) is 5.32. The van der Waals surface area contributed by atoms with E-state index in [1.54, 1.807) is 6.26 Å². The van der Waals surface area contributed by atoms with Gasteiger partial charge in [0.1, 0.15) is 5.58 Å². The largest absolute Gasteiger partial charge is 0.464 e. The molecule has 0 atom stereocenters. The van der Waals surface area contributed by atoms with Crippen molar-refractivity contribution in [3.8, 4) is 0 Å². The molecule has 1 saturated heterocycles. The number of pyridine rings is 1. The SMILES string of the molecule is Cc1cc(C)nc(CC(=S)N2CCN(c3ccc4occc4c3)CC2)c1. The molecule has 134 valence electrons. The molecule has 0 amide bonds. The summed E-state index contributed by atoms with van der Waals surface area (Å²) < 4.78 is 5.43. The van der Waals surface area contributed by atoms with Crippen LogP contribution in [0.4, 0.5) is 5.69 Å². The first-order valence-corrected chi connectivity index (χ1v) is 9.43. The van der Waals surface area contributed by atoms with Crippen LogP contribution in [0.3, 0.4) is 0 Å². The number of piperazine rings is 1. The van der Waals surface area contributed by atoms with E-state index in [9.17, 15) is 0 Å². The van der Waals surface area contributed by atoms with E-state index >= 15 is 0 Å². The Kier molecular flexibility index (Phi) is 4.64. The van der Waals surface area contributed by atoms with Crippen LogP contribution in [-0.4, -0.2) is 41.1 Å². The minimum absolute atomic E-state index is 0.749. The van der Waals surface area contributed by atoms with Crippen LogP contribution in [0.2, 0.25) is 0 Å². The van der Waals surface area contributed by atoms with Gasteiger partial charge < -0.3 is 14.2 Å². The summed E-state index contributed by atoms with van der Waals surface area (Å²) in [5, 5.41) is 1.15. The van der Waals surface area contributed by atoms with E-state index in [1.807, 2.05) is 19.1 Å². The molecule has 1 aliphatic rings. The highest BCUT2D eigenvalue weighted by Crippen LogP contribution is 2.24. The maximum atomic E-state index is 5.70. The third-order valence-electron chi connectivity index (χ3n) is 4.92. The zero-order chi connectivity index (χ0) is 18.1. The van der Waals surface area contributed by atoms with E-state index in [-0.39, 0.29) is 0 Å². The van der Waals surface area contributed by atoms with E-state index in [0.717, 1.165) is 59.9 Å². The molecule has 4 rings (SSSR count). The number of nitrogens with zero attached hydrogens (tertiary/aromatic N) is 3. The number of benzene rings is 1. The second kappa shape index (κ2) is 7.08. The monoisotopic (exact) mass is 365 g/mol. The summed E-state index contributed by atoms with van der Waals surface area (Å²) in [6, 6.07) is 12.6. The quantitative estimate of drug-likeness (QED) is 0.652. The standard InChI is InChI=1S/C21H23N3OS/c1-15-11-16(2)22-18(12-15)14-21(26)24-8-6-23(7-9-24)19-3-4-20-17(13-19)5-10-25-20/h3-5,10-13H,6-9,14H2,1-2H3. The van der Waals surface area contributed by atoms with Crippen molar-refractivity contribution < 1.29 is 4.42 Å². The van der Waals surface area contributed by atoms with Crippen molar-refractivity contribution >= 4 is 33.9 Å². The maximum absolute atomic E-state index is 5.70. The summed E-state index contributed by atoms with van der Waals surface area (Å²) in [7, 11) is 0. The Bertz CT molecular complexity index is 921. The smallest absolute Gasteiger partial charge is 0.133 e. The molecule has 0 N–H and O–H groups in total. The maximum Gasteiger partial charge on any atom is 0.133 e. The Labute approximate surface area is 159 Å². The van der Waals surface area contributed by atoms with Crippen molar-refractivity contribution in [2.45, 2.75) is 20.3 Å². The number of furan rings is 1. The minimum Gasteiger partial charge on any atom is -0.464 e. The van der Waals surface area contributed by atoms with E-state index in [4.69, 9.17) is 16.6 Å². The summed E-state index contributed by atoms with van der Waals surface area (Å²) in [5.74, 6) is 0. The fourth-order valence-electron chi connectivity index (χ4n) is 3.65. The molecular formula is C21H23N3OS. The Hall–Kier alpha value is -2.40. The highest BCUT2D eigenvalue weighted by atomic mass is 32.1. The van der Waals surface area contributed by atoms with Gasteiger partial charge in [-0.15, -0.1) is 0 Å². The fraction of sp³-hybridized carbons (Fsp3) is 0.333. The van der Waals surface area contributed by atoms with Crippen LogP contribution < -0.4 is 4.90 Å². The topological polar surface area (TPSA) is 32.5 Å². The van der Waals surface area contributed by atoms with Gasteiger partial charge in [-0.2, -0.15) is 0 Å². The zero-order valence-corrected chi connectivity index (χ0v) is 16.1. The van der Waals surface area contributed by atoms with Gasteiger partial charge in [-0.1, -0.05) is 12.2 Å². The van der Waals surface area contributed by atoms with Gasteiger partial charge in [0.2, 0.25) is 0 Å². The molecule has 26 heavy (non-hydrogen) atoms. The van der Waals surface area contributed by atoms with Gasteiger partial charge in [-0.05, 0) is 55.8 Å². The van der Waals surface area contributed by atoms with Gasteiger partial charge in [0.05, 0.1) is 11.3 Å². The molecule has 0 saturated carbocycles. The first-order chi connectivity index (χ1) is 12.6. The Morgan fingerprint density at radius 2 is 1.88 bits per heavy atom. The molecule has 1 aliphatic heterocycles. The number of hydrogen-bond donors (Lipinski definition) is 0. The lowest BCUT2D eigenvalue weighted by Gasteiger charge is -2.37. The average molecular weight is 366 g/mol. The first-order valence-electron chi connectivity index (χ1n) is 9.03. The minimum atomic E-state index is 0.749. The second-order valence-electron chi connectivity index (χ2n) is 6.96. The lowest BCUT2D eigenvalue weighted by Crippen LogP contribution is -2.48. The van der Waals surface area contributed by atoms with Gasteiger partial charge in [0, 0.05) is 55.1 Å². The van der Waals surface area contributed by atoms with Crippen LogP contribution in [0, 0.1) is 13.8 Å². The molecule has 0 aliphatic carbocycles. The van der Waals surface area contributed by atoms with Crippen molar-refractivity contribution in [2.24, 2.45) is 0 Å². The second-order valence-corrected chi connectivity index (χ2v) is 7.44. The average Bonchev–Trinajstić information content (AvgIpc) is 3.08. The number of aromatic nitrogens is 1. The molecule has 3 heterocycles. The van der Waals surface area contributed by atoms with Gasteiger partial charge in [0.15, 0.2) is 0 Å². The third kappa shape index (κ3) is 3.58. The van der Waals surface area contributed by atoms with E-state index < -0.39 is 0 Å². The molecule has 4 nitrogen and oxygen atoms in total. The summed E-state index contributed by atoms with van der Waals surface area (Å²) in [6.45, 7) is 8.00. The van der Waals surface area contributed by atoms with Crippen molar-refractivity contribution in [1.29, 1.82) is 0 Å². The molecule has 0 radical (unpaired) electrons. The number of rotatable bonds is 3. The van der Waals surface area contributed by atoms with Gasteiger partial charge >= 0.3 is 0 Å². The van der Waals surface area contributed by atoms with Gasteiger partial charge in [-0.3, -0.25) is 4.98 Å². The van der Waals surface area contributed by atoms with Crippen molar-refractivity contribution in [2.75, 3.05) is 31.1 Å². The Morgan fingerprint density at radius 1 is 1.08 bits per heavy atom. The highest BCUT2D eigenvalue weighted by Gasteiger charge is 2.20. The van der Waals surface area contributed by atoms with Crippen LogP contribution in [0.1, 0.15) is 17.0 Å². The lowest BCUT2D eigenvalue weighted by molar-refractivity contribution is 0.387. The molecule has 1 aromatic carbocycles. The zero-order valence-electron chi connectivity index (χ0n) is 15.2. The van der Waals surface area contributed by atoms with Crippen molar-refractivity contribution in [1.82, 2.24) is 9.88 Å². The Balaban J connectivity index is 1.38. The number of thiocarbonyl (C=S) groups is 1. The lowest BCUT2D eigenvalue weighted by atomic mass is 10.1. The van der Waals surface area contributed by atoms with E-state index in [0.29, 0.717) is 0 Å². The molecule has 0 unspecified atom stereocenters. The van der Waals surface area contributed by atoms with Crippen LogP contribution in [-0.2, 0) is 6.42 Å². The number of aryl methyl sites for hydroxylation is 2. The van der Waals surface area contributed by atoms with E-state index in [2.05, 4.69) is 46.0 Å². The number of fused-ring (bicyclic) bond motifs is 1. The summed E-state index contributed by atoms with van der Waals surface area (Å²) >= 11 is 5.70. The molecule has 0 bridgehead atoms. The predicted octanol–water partition coefficient (Wildman–Crippen LogP) is 4.14. The van der Waals surface area contributed by atoms with Gasteiger partial charge in [0.25, 0.3) is 0 Å². The molecule has 1 fully saturated rings. The number of anilines is 1. The normalized spacial score (nSPS) is 14.8. The molecule has 3 aromatic rings. The van der Waals surface area contributed by atoms with Crippen molar-refractivity contribution in [3.63, 3.8) is 0 Å². The van der Waals surface area contributed by atoms with Crippen LogP contribution >= 0.6 is 12.2 Å². The molecular weight excluding hydrogens is 342 g/mol. The highest BCUT2D eigenvalue weighted by molar-refractivity contribution is 7.80. The Morgan fingerprint density at radius 3 is 2.65 bits per heavy atom. The van der Waals surface area contributed by atoms with E-state index in [1.165, 1.54) is 11.3 Å². The molecule has 2 aromatic heterocycles. The van der Waals surface area contributed by atoms with Crippen molar-refractivity contribution in [3.05, 3.63) is 59.6 Å². The number of hydrogen-bond acceptors (Lipinski definition) is 4. The van der Waals surface area contributed by atoms with Gasteiger partial charge in [-0.25, -0.2) is 0 Å². The van der Waals surface area contributed by atoms with Crippen LogP contribution in [0.15, 0.2) is 47.1 Å². The first kappa shape index (κ1) is 17.0. The predicted molar refractivity (Wildman–Crippen MR) is 110 cm³/mol. The van der Waals surface area contributed by atoms with Crippen LogP contribution in [0.5, 0.6) is 0 Å². The summed E-state index contributed by atoms with van der Waals surface area (Å²) in [5.41, 5.74) is 5.56. The van der Waals surface area contributed by atoms with Crippen LogP contribution in [0.25, 0.3) is 11.0 Å². The fourth-order valence-corrected chi connectivity index (χ4v) is 3.98.